The molecule has 3 heteroatoms. The normalized spacial score (nSPS) is 24.6. The van der Waals surface area contributed by atoms with Crippen LogP contribution in [0.4, 0.5) is 0 Å². The number of nitrogens with zero attached hydrogens (tertiary/aromatic N) is 1. The fourth-order valence-corrected chi connectivity index (χ4v) is 2.49. The molecular weight excluding hydrogens is 236 g/mol. The molecular formula is C16H16N2O. The zero-order valence-corrected chi connectivity index (χ0v) is 10.6. The van der Waals surface area contributed by atoms with Gasteiger partial charge in [-0.25, -0.2) is 0 Å². The summed E-state index contributed by atoms with van der Waals surface area (Å²) >= 11 is 0. The Labute approximate surface area is 112 Å². The van der Waals surface area contributed by atoms with E-state index in [1.165, 1.54) is 0 Å². The quantitative estimate of drug-likeness (QED) is 0.662. The van der Waals surface area contributed by atoms with Gasteiger partial charge in [-0.2, -0.15) is 4.99 Å². The number of nitrogens with two attached hydrogens (primary N) is 1. The van der Waals surface area contributed by atoms with Crippen LogP contribution in [0.15, 0.2) is 59.1 Å². The smallest absolute Gasteiger partial charge is 0.252 e. The van der Waals surface area contributed by atoms with Crippen LogP contribution in [0.2, 0.25) is 0 Å². The van der Waals surface area contributed by atoms with Crippen molar-refractivity contribution in [1.29, 1.82) is 0 Å². The Bertz CT molecular complexity index is 584. The van der Waals surface area contributed by atoms with Crippen molar-refractivity contribution in [2.75, 3.05) is 0 Å². The maximum Gasteiger partial charge on any atom is 0.252 e. The molecule has 96 valence electrons. The SMILES string of the molecule is NC(=NC(=O)Cc1ccccc1)C1=CC=CC2CC12. The molecule has 0 heterocycles. The van der Waals surface area contributed by atoms with Crippen LogP contribution in [0.1, 0.15) is 12.0 Å². The first-order valence-corrected chi connectivity index (χ1v) is 6.53. The van der Waals surface area contributed by atoms with Crippen LogP contribution in [0, 0.1) is 11.8 Å². The van der Waals surface area contributed by atoms with E-state index in [9.17, 15) is 4.79 Å². The van der Waals surface area contributed by atoms with Crippen LogP contribution >= 0.6 is 0 Å². The number of carbonyl (C=O) groups is 1. The van der Waals surface area contributed by atoms with Crippen molar-refractivity contribution in [2.24, 2.45) is 22.6 Å². The summed E-state index contributed by atoms with van der Waals surface area (Å²) in [4.78, 5) is 15.9. The van der Waals surface area contributed by atoms with Crippen molar-refractivity contribution >= 4 is 11.7 Å². The molecule has 0 aliphatic heterocycles. The average Bonchev–Trinajstić information content (AvgIpc) is 3.18. The van der Waals surface area contributed by atoms with E-state index in [1.54, 1.807) is 0 Å². The van der Waals surface area contributed by atoms with E-state index in [0.717, 1.165) is 17.6 Å². The topological polar surface area (TPSA) is 55.4 Å². The number of benzene rings is 1. The number of hydrogen-bond acceptors (Lipinski definition) is 1. The van der Waals surface area contributed by atoms with Crippen molar-refractivity contribution in [2.45, 2.75) is 12.8 Å². The van der Waals surface area contributed by atoms with Crippen LogP contribution in [0.3, 0.4) is 0 Å². The summed E-state index contributed by atoms with van der Waals surface area (Å²) in [6, 6.07) is 9.60. The molecule has 1 amide bonds. The number of amidine groups is 1. The Kier molecular flexibility index (Phi) is 3.03. The second-order valence-corrected chi connectivity index (χ2v) is 5.07. The van der Waals surface area contributed by atoms with Gasteiger partial charge in [0, 0.05) is 0 Å². The van der Waals surface area contributed by atoms with Gasteiger partial charge in [0.25, 0.3) is 5.91 Å². The molecule has 0 aromatic heterocycles. The lowest BCUT2D eigenvalue weighted by Crippen LogP contribution is -2.20. The van der Waals surface area contributed by atoms with Gasteiger partial charge in [-0.05, 0) is 29.4 Å². The molecule has 19 heavy (non-hydrogen) atoms. The first-order chi connectivity index (χ1) is 9.24. The minimum atomic E-state index is -0.184. The molecule has 1 fully saturated rings. The predicted octanol–water partition coefficient (Wildman–Crippen LogP) is 2.25. The molecule has 3 rings (SSSR count). The van der Waals surface area contributed by atoms with Crippen molar-refractivity contribution in [3.63, 3.8) is 0 Å². The van der Waals surface area contributed by atoms with Gasteiger partial charge in [0.05, 0.1) is 6.42 Å². The second kappa shape index (κ2) is 4.84. The van der Waals surface area contributed by atoms with Crippen LogP contribution in [-0.4, -0.2) is 11.7 Å². The van der Waals surface area contributed by atoms with E-state index in [2.05, 4.69) is 11.1 Å². The fraction of sp³-hybridized carbons (Fsp3) is 0.250. The lowest BCUT2D eigenvalue weighted by molar-refractivity contribution is -0.117. The zero-order chi connectivity index (χ0) is 13.2. The van der Waals surface area contributed by atoms with Crippen molar-refractivity contribution in [3.8, 4) is 0 Å². The number of rotatable bonds is 3. The summed E-state index contributed by atoms with van der Waals surface area (Å²) in [5, 5.41) is 0. The van der Waals surface area contributed by atoms with E-state index in [4.69, 9.17) is 5.73 Å². The molecule has 1 saturated carbocycles. The summed E-state index contributed by atoms with van der Waals surface area (Å²) in [6.45, 7) is 0. The summed E-state index contributed by atoms with van der Waals surface area (Å²) < 4.78 is 0. The van der Waals surface area contributed by atoms with Gasteiger partial charge < -0.3 is 5.73 Å². The van der Waals surface area contributed by atoms with Crippen molar-refractivity contribution < 1.29 is 4.79 Å². The highest BCUT2D eigenvalue weighted by Crippen LogP contribution is 2.47. The number of allylic oxidation sites excluding steroid dienone is 3. The molecule has 2 unspecified atom stereocenters. The molecule has 0 bridgehead atoms. The third-order valence-corrected chi connectivity index (χ3v) is 3.61. The first-order valence-electron chi connectivity index (χ1n) is 6.53. The molecule has 2 aliphatic carbocycles. The summed E-state index contributed by atoms with van der Waals surface area (Å²) in [7, 11) is 0. The summed E-state index contributed by atoms with van der Waals surface area (Å²) in [5.74, 6) is 1.30. The molecule has 2 atom stereocenters. The molecule has 0 saturated heterocycles. The Morgan fingerprint density at radius 2 is 2.11 bits per heavy atom. The molecule has 1 aromatic carbocycles. The van der Waals surface area contributed by atoms with Gasteiger partial charge in [0.2, 0.25) is 0 Å². The highest BCUT2D eigenvalue weighted by molar-refractivity contribution is 6.05. The van der Waals surface area contributed by atoms with E-state index >= 15 is 0 Å². The average molecular weight is 252 g/mol. The highest BCUT2D eigenvalue weighted by atomic mass is 16.1. The van der Waals surface area contributed by atoms with E-state index in [1.807, 2.05) is 42.5 Å². The molecule has 1 aromatic rings. The number of hydrogen-bond donors (Lipinski definition) is 1. The minimum Gasteiger partial charge on any atom is -0.383 e. The number of fused-ring (bicyclic) bond motifs is 1. The monoisotopic (exact) mass is 252 g/mol. The number of amides is 1. The van der Waals surface area contributed by atoms with E-state index < -0.39 is 0 Å². The van der Waals surface area contributed by atoms with E-state index in [0.29, 0.717) is 24.1 Å². The lowest BCUT2D eigenvalue weighted by Gasteiger charge is -2.07. The van der Waals surface area contributed by atoms with Gasteiger partial charge in [-0.1, -0.05) is 48.6 Å². The van der Waals surface area contributed by atoms with Crippen LogP contribution in [0.5, 0.6) is 0 Å². The summed E-state index contributed by atoms with van der Waals surface area (Å²) in [6.07, 6.45) is 7.60. The third kappa shape index (κ3) is 2.65. The highest BCUT2D eigenvalue weighted by Gasteiger charge is 2.40. The number of carbonyl (C=O) groups excluding carboxylic acids is 1. The molecule has 2 N–H and O–H groups in total. The summed E-state index contributed by atoms with van der Waals surface area (Å²) in [5.41, 5.74) is 7.93. The first kappa shape index (κ1) is 11.9. The largest absolute Gasteiger partial charge is 0.383 e. The van der Waals surface area contributed by atoms with Crippen LogP contribution < -0.4 is 5.73 Å². The maximum absolute atomic E-state index is 11.9. The van der Waals surface area contributed by atoms with Gasteiger partial charge >= 0.3 is 0 Å². The van der Waals surface area contributed by atoms with Gasteiger partial charge in [0.15, 0.2) is 0 Å². The third-order valence-electron chi connectivity index (χ3n) is 3.61. The second-order valence-electron chi connectivity index (χ2n) is 5.07. The van der Waals surface area contributed by atoms with Gasteiger partial charge in [-0.3, -0.25) is 4.79 Å². The maximum atomic E-state index is 11.9. The minimum absolute atomic E-state index is 0.184. The Hall–Kier alpha value is -2.16. The molecule has 0 radical (unpaired) electrons. The Morgan fingerprint density at radius 3 is 2.89 bits per heavy atom. The molecule has 0 spiro atoms. The van der Waals surface area contributed by atoms with Crippen molar-refractivity contribution in [3.05, 3.63) is 59.7 Å². The fourth-order valence-electron chi connectivity index (χ4n) is 2.49. The van der Waals surface area contributed by atoms with Gasteiger partial charge in [-0.15, -0.1) is 0 Å². The van der Waals surface area contributed by atoms with Crippen molar-refractivity contribution in [1.82, 2.24) is 0 Å². The zero-order valence-electron chi connectivity index (χ0n) is 10.6. The standard InChI is InChI=1S/C16H16N2O/c17-16(13-8-4-7-12-10-14(12)13)18-15(19)9-11-5-2-1-3-6-11/h1-8,12,14H,9-10H2,(H2,17,18,19). The van der Waals surface area contributed by atoms with E-state index in [-0.39, 0.29) is 5.91 Å². The number of aliphatic imine (C=N–C) groups is 1. The lowest BCUT2D eigenvalue weighted by atomic mass is 10.0. The van der Waals surface area contributed by atoms with Crippen LogP contribution in [0.25, 0.3) is 0 Å². The Morgan fingerprint density at radius 1 is 1.32 bits per heavy atom. The predicted molar refractivity (Wildman–Crippen MR) is 75.6 cm³/mol. The van der Waals surface area contributed by atoms with Gasteiger partial charge in [0.1, 0.15) is 5.84 Å². The molecule has 3 nitrogen and oxygen atoms in total. The Balaban J connectivity index is 1.69. The van der Waals surface area contributed by atoms with Crippen LogP contribution in [-0.2, 0) is 11.2 Å². The molecule has 2 aliphatic rings.